The molecule has 0 unspecified atom stereocenters. The Morgan fingerprint density at radius 1 is 1.50 bits per heavy atom. The van der Waals surface area contributed by atoms with Crippen molar-refractivity contribution in [1.29, 1.82) is 0 Å². The molecular formula is C14H25ClN4O. The topological polar surface area (TPSA) is 50.2 Å². The van der Waals surface area contributed by atoms with E-state index in [0.717, 1.165) is 50.2 Å². The number of nitrogens with zero attached hydrogens (tertiary/aromatic N) is 3. The van der Waals surface area contributed by atoms with Gasteiger partial charge in [0.2, 0.25) is 0 Å². The number of piperidine rings is 1. The average molecular weight is 301 g/mol. The highest BCUT2D eigenvalue weighted by molar-refractivity contribution is 5.95. The molecule has 0 aliphatic carbocycles. The number of aryl methyl sites for hydroxylation is 1. The fraction of sp³-hybridized carbons (Fsp3) is 0.714. The van der Waals surface area contributed by atoms with Crippen molar-refractivity contribution in [3.8, 4) is 0 Å². The molecule has 1 aliphatic rings. The number of nitrogens with one attached hydrogen (secondary N) is 1. The van der Waals surface area contributed by atoms with E-state index in [1.54, 1.807) is 10.9 Å². The predicted molar refractivity (Wildman–Crippen MR) is 82.4 cm³/mol. The van der Waals surface area contributed by atoms with Gasteiger partial charge in [0.1, 0.15) is 0 Å². The van der Waals surface area contributed by atoms with Crippen LogP contribution in [0.5, 0.6) is 0 Å². The third-order valence-electron chi connectivity index (χ3n) is 3.94. The zero-order valence-electron chi connectivity index (χ0n) is 12.6. The lowest BCUT2D eigenvalue weighted by molar-refractivity contribution is 0.0642. The highest BCUT2D eigenvalue weighted by Crippen LogP contribution is 2.17. The van der Waals surface area contributed by atoms with E-state index in [1.807, 2.05) is 18.9 Å². The van der Waals surface area contributed by atoms with Crippen molar-refractivity contribution in [2.24, 2.45) is 7.05 Å². The first kappa shape index (κ1) is 17.0. The molecule has 0 bridgehead atoms. The van der Waals surface area contributed by atoms with Crippen LogP contribution in [0.4, 0.5) is 0 Å². The maximum atomic E-state index is 12.7. The summed E-state index contributed by atoms with van der Waals surface area (Å²) in [5.74, 6) is 0.138. The van der Waals surface area contributed by atoms with Crippen molar-refractivity contribution in [3.63, 3.8) is 0 Å². The van der Waals surface area contributed by atoms with Crippen molar-refractivity contribution >= 4 is 18.3 Å². The van der Waals surface area contributed by atoms with E-state index in [0.29, 0.717) is 6.04 Å². The van der Waals surface area contributed by atoms with Crippen LogP contribution in [0.1, 0.15) is 42.2 Å². The molecule has 0 aromatic carbocycles. The third-order valence-corrected chi connectivity index (χ3v) is 3.94. The minimum Gasteiger partial charge on any atom is -0.335 e. The lowest BCUT2D eigenvalue weighted by atomic mass is 10.0. The second-order valence-electron chi connectivity index (χ2n) is 5.25. The van der Waals surface area contributed by atoms with E-state index < -0.39 is 0 Å². The molecule has 114 valence electrons. The van der Waals surface area contributed by atoms with Gasteiger partial charge in [-0.25, -0.2) is 0 Å². The van der Waals surface area contributed by atoms with Crippen molar-refractivity contribution < 1.29 is 4.79 Å². The van der Waals surface area contributed by atoms with Crippen LogP contribution in [0.3, 0.4) is 0 Å². The summed E-state index contributed by atoms with van der Waals surface area (Å²) in [4.78, 5) is 14.8. The summed E-state index contributed by atoms with van der Waals surface area (Å²) in [6.07, 6.45) is 4.78. The molecule has 0 radical (unpaired) electrons. The molecule has 1 N–H and O–H groups in total. The van der Waals surface area contributed by atoms with Gasteiger partial charge >= 0.3 is 0 Å². The van der Waals surface area contributed by atoms with E-state index in [4.69, 9.17) is 0 Å². The van der Waals surface area contributed by atoms with Crippen LogP contribution in [-0.4, -0.2) is 46.3 Å². The molecular weight excluding hydrogens is 276 g/mol. The SMILES string of the molecule is CCCN(C(=O)c1cnn(C)c1C)C1CCNCC1.Cl. The Hall–Kier alpha value is -1.07. The van der Waals surface area contributed by atoms with E-state index in [9.17, 15) is 4.79 Å². The molecule has 5 nitrogen and oxygen atoms in total. The third kappa shape index (κ3) is 3.52. The molecule has 1 aromatic heterocycles. The first-order valence-corrected chi connectivity index (χ1v) is 7.15. The summed E-state index contributed by atoms with van der Waals surface area (Å²) in [6.45, 7) is 6.91. The van der Waals surface area contributed by atoms with Gasteiger partial charge in [-0.3, -0.25) is 9.48 Å². The minimum absolute atomic E-state index is 0. The van der Waals surface area contributed by atoms with Crippen molar-refractivity contribution in [1.82, 2.24) is 20.0 Å². The van der Waals surface area contributed by atoms with Gasteiger partial charge in [0.05, 0.1) is 11.8 Å². The van der Waals surface area contributed by atoms with Gasteiger partial charge in [0.25, 0.3) is 5.91 Å². The fourth-order valence-electron chi connectivity index (χ4n) is 2.67. The molecule has 1 amide bonds. The second-order valence-corrected chi connectivity index (χ2v) is 5.25. The molecule has 0 saturated carbocycles. The van der Waals surface area contributed by atoms with Crippen molar-refractivity contribution in [3.05, 3.63) is 17.5 Å². The van der Waals surface area contributed by atoms with Crippen LogP contribution < -0.4 is 5.32 Å². The normalized spacial score (nSPS) is 15.8. The number of carbonyl (C=O) groups excluding carboxylic acids is 1. The molecule has 1 aromatic rings. The van der Waals surface area contributed by atoms with Gasteiger partial charge in [-0.05, 0) is 39.3 Å². The van der Waals surface area contributed by atoms with Gasteiger partial charge in [0, 0.05) is 25.3 Å². The summed E-state index contributed by atoms with van der Waals surface area (Å²) >= 11 is 0. The molecule has 0 spiro atoms. The number of carbonyl (C=O) groups is 1. The van der Waals surface area contributed by atoms with Gasteiger partial charge in [-0.2, -0.15) is 5.10 Å². The highest BCUT2D eigenvalue weighted by Gasteiger charge is 2.27. The number of amides is 1. The quantitative estimate of drug-likeness (QED) is 0.922. The standard InChI is InChI=1S/C14H24N4O.ClH/c1-4-9-18(12-5-7-15-8-6-12)14(19)13-10-16-17(3)11(13)2;/h10,12,15H,4-9H2,1-3H3;1H. The highest BCUT2D eigenvalue weighted by atomic mass is 35.5. The van der Waals surface area contributed by atoms with Gasteiger partial charge in [-0.15, -0.1) is 12.4 Å². The van der Waals surface area contributed by atoms with Crippen LogP contribution in [0.2, 0.25) is 0 Å². The molecule has 1 saturated heterocycles. The second kappa shape index (κ2) is 7.64. The fourth-order valence-corrected chi connectivity index (χ4v) is 2.67. The summed E-state index contributed by atoms with van der Waals surface area (Å²) in [7, 11) is 1.88. The van der Waals surface area contributed by atoms with Gasteiger partial charge in [-0.1, -0.05) is 6.92 Å². The Balaban J connectivity index is 0.00000200. The van der Waals surface area contributed by atoms with Gasteiger partial charge in [0.15, 0.2) is 0 Å². The van der Waals surface area contributed by atoms with Crippen molar-refractivity contribution in [2.45, 2.75) is 39.2 Å². The molecule has 1 fully saturated rings. The lowest BCUT2D eigenvalue weighted by Gasteiger charge is -2.34. The molecule has 2 rings (SSSR count). The predicted octanol–water partition coefficient (Wildman–Crippen LogP) is 1.75. The van der Waals surface area contributed by atoms with E-state index >= 15 is 0 Å². The first-order valence-electron chi connectivity index (χ1n) is 7.15. The largest absolute Gasteiger partial charge is 0.335 e. The summed E-state index contributed by atoms with van der Waals surface area (Å²) < 4.78 is 1.76. The Morgan fingerprint density at radius 2 is 2.15 bits per heavy atom. The number of halogens is 1. The van der Waals surface area contributed by atoms with E-state index in [1.165, 1.54) is 0 Å². The van der Waals surface area contributed by atoms with Crippen LogP contribution in [0.25, 0.3) is 0 Å². The molecule has 20 heavy (non-hydrogen) atoms. The summed E-state index contributed by atoms with van der Waals surface area (Å²) in [5.41, 5.74) is 1.69. The Kier molecular flexibility index (Phi) is 6.49. The number of rotatable bonds is 4. The maximum absolute atomic E-state index is 12.7. The van der Waals surface area contributed by atoms with Crippen LogP contribution >= 0.6 is 12.4 Å². The zero-order chi connectivity index (χ0) is 13.8. The maximum Gasteiger partial charge on any atom is 0.257 e. The van der Waals surface area contributed by atoms with Crippen molar-refractivity contribution in [2.75, 3.05) is 19.6 Å². The molecule has 1 aliphatic heterocycles. The Bertz CT molecular complexity index is 440. The number of hydrogen-bond acceptors (Lipinski definition) is 3. The van der Waals surface area contributed by atoms with E-state index in [2.05, 4.69) is 17.3 Å². The smallest absolute Gasteiger partial charge is 0.257 e. The average Bonchev–Trinajstić information content (AvgIpc) is 2.77. The monoisotopic (exact) mass is 300 g/mol. The minimum atomic E-state index is 0. The Labute approximate surface area is 127 Å². The first-order chi connectivity index (χ1) is 9.15. The summed E-state index contributed by atoms with van der Waals surface area (Å²) in [6, 6.07) is 0.369. The van der Waals surface area contributed by atoms with Gasteiger partial charge < -0.3 is 10.2 Å². The Morgan fingerprint density at radius 3 is 2.65 bits per heavy atom. The molecule has 2 heterocycles. The zero-order valence-corrected chi connectivity index (χ0v) is 13.4. The molecule has 0 atom stereocenters. The van der Waals surface area contributed by atoms with E-state index in [-0.39, 0.29) is 18.3 Å². The van der Waals surface area contributed by atoms with Crippen LogP contribution in [0, 0.1) is 6.92 Å². The molecule has 6 heteroatoms. The number of aromatic nitrogens is 2. The lowest BCUT2D eigenvalue weighted by Crippen LogP contribution is -2.46. The van der Waals surface area contributed by atoms with Crippen LogP contribution in [-0.2, 0) is 7.05 Å². The number of hydrogen-bond donors (Lipinski definition) is 1. The summed E-state index contributed by atoms with van der Waals surface area (Å²) in [5, 5.41) is 7.53. The van der Waals surface area contributed by atoms with Crippen LogP contribution in [0.15, 0.2) is 6.20 Å².